The van der Waals surface area contributed by atoms with Crippen LogP contribution in [0.2, 0.25) is 0 Å². The summed E-state index contributed by atoms with van der Waals surface area (Å²) in [6.07, 6.45) is 2.32. The molecule has 8 heteroatoms. The van der Waals surface area contributed by atoms with Crippen molar-refractivity contribution in [1.82, 2.24) is 14.2 Å². The van der Waals surface area contributed by atoms with Crippen LogP contribution in [0.15, 0.2) is 17.0 Å². The lowest BCUT2D eigenvalue weighted by Crippen LogP contribution is -2.72. The Labute approximate surface area is 150 Å². The molecule has 0 aromatic carbocycles. The lowest BCUT2D eigenvalue weighted by atomic mass is 9.73. The summed E-state index contributed by atoms with van der Waals surface area (Å²) in [5.41, 5.74) is 1.17. The first kappa shape index (κ1) is 17.5. The molecule has 3 saturated heterocycles. The van der Waals surface area contributed by atoms with Crippen LogP contribution in [0.1, 0.15) is 18.5 Å². The van der Waals surface area contributed by atoms with Gasteiger partial charge in [-0.1, -0.05) is 0 Å². The lowest BCUT2D eigenvalue weighted by Gasteiger charge is -2.62. The third-order valence-corrected chi connectivity index (χ3v) is 6.40. The molecule has 0 unspecified atom stereocenters. The molecule has 1 aromatic rings. The Morgan fingerprint density at radius 2 is 1.96 bits per heavy atom. The fourth-order valence-corrected chi connectivity index (χ4v) is 5.27. The second-order valence-corrected chi connectivity index (χ2v) is 8.39. The number of likely N-dealkylation sites (tertiary alicyclic amines) is 1. The Balaban J connectivity index is 1.25. The fraction of sp³-hybridized carbons (Fsp3) is 0.706. The van der Waals surface area contributed by atoms with Crippen molar-refractivity contribution in [2.75, 3.05) is 39.4 Å². The molecule has 1 spiro atoms. The van der Waals surface area contributed by atoms with E-state index in [1.807, 2.05) is 13.0 Å². The van der Waals surface area contributed by atoms with Crippen molar-refractivity contribution in [2.45, 2.75) is 37.3 Å². The summed E-state index contributed by atoms with van der Waals surface area (Å²) in [5.74, 6) is -0.0250. The topological polar surface area (TPSA) is 37.8 Å². The van der Waals surface area contributed by atoms with Crippen LogP contribution in [0, 0.1) is 12.3 Å². The molecule has 0 radical (unpaired) electrons. The van der Waals surface area contributed by atoms with Crippen molar-refractivity contribution in [3.05, 3.63) is 17.8 Å². The van der Waals surface area contributed by atoms with Crippen molar-refractivity contribution in [1.29, 1.82) is 0 Å². The van der Waals surface area contributed by atoms with Crippen molar-refractivity contribution >= 4 is 11.9 Å². The predicted octanol–water partition coefficient (Wildman–Crippen LogP) is 2.80. The van der Waals surface area contributed by atoms with Gasteiger partial charge in [-0.25, -0.2) is 9.29 Å². The van der Waals surface area contributed by atoms with E-state index >= 15 is 0 Å². The number of ether oxygens (including phenoxy) is 2. The van der Waals surface area contributed by atoms with Gasteiger partial charge in [-0.3, -0.25) is 4.90 Å². The van der Waals surface area contributed by atoms with Gasteiger partial charge in [0.25, 0.3) is 0 Å². The Kier molecular flexibility index (Phi) is 4.87. The lowest BCUT2D eigenvalue weighted by molar-refractivity contribution is -0.113. The number of aromatic nitrogens is 1. The largest absolute Gasteiger partial charge is 0.417 e. The standard InChI is InChI=1S/C17H23F2N3O2S/c1-12-14(2-3-15(20-12)24-16(18)19)25-22-10-17(11-22)8-21(9-17)13-4-6-23-7-5-13/h2-3,13,16H,4-11H2,1H3. The van der Waals surface area contributed by atoms with Gasteiger partial charge in [0.05, 0.1) is 5.69 Å². The van der Waals surface area contributed by atoms with Gasteiger partial charge in [-0.05, 0) is 37.8 Å². The van der Waals surface area contributed by atoms with E-state index in [1.165, 1.54) is 19.2 Å². The number of hydrogen-bond acceptors (Lipinski definition) is 6. The van der Waals surface area contributed by atoms with Gasteiger partial charge in [-0.15, -0.1) is 0 Å². The fourth-order valence-electron chi connectivity index (χ4n) is 4.01. The van der Waals surface area contributed by atoms with E-state index in [-0.39, 0.29) is 5.88 Å². The highest BCUT2D eigenvalue weighted by molar-refractivity contribution is 7.97. The molecule has 25 heavy (non-hydrogen) atoms. The number of aryl methyl sites for hydroxylation is 1. The van der Waals surface area contributed by atoms with E-state index < -0.39 is 6.61 Å². The van der Waals surface area contributed by atoms with Crippen LogP contribution in [0.5, 0.6) is 5.88 Å². The van der Waals surface area contributed by atoms with E-state index in [2.05, 4.69) is 18.9 Å². The van der Waals surface area contributed by atoms with E-state index in [0.29, 0.717) is 11.5 Å². The zero-order valence-corrected chi connectivity index (χ0v) is 15.1. The van der Waals surface area contributed by atoms with Gasteiger partial charge in [0.1, 0.15) is 0 Å². The first-order chi connectivity index (χ1) is 12.0. The Hall–Kier alpha value is -0.960. The Morgan fingerprint density at radius 3 is 2.60 bits per heavy atom. The molecule has 0 amide bonds. The van der Waals surface area contributed by atoms with Crippen LogP contribution in [-0.4, -0.2) is 66.2 Å². The molecular formula is C17H23F2N3O2S. The number of halogens is 2. The second kappa shape index (κ2) is 6.98. The summed E-state index contributed by atoms with van der Waals surface area (Å²) in [6.45, 7) is 5.31. The Morgan fingerprint density at radius 1 is 1.24 bits per heavy atom. The molecule has 4 heterocycles. The third kappa shape index (κ3) is 3.77. The maximum absolute atomic E-state index is 12.2. The van der Waals surface area contributed by atoms with Crippen LogP contribution in [-0.2, 0) is 4.74 Å². The Bertz CT molecular complexity index is 614. The average molecular weight is 371 g/mol. The molecule has 0 saturated carbocycles. The number of pyridine rings is 1. The smallest absolute Gasteiger partial charge is 0.388 e. The molecule has 3 aliphatic rings. The van der Waals surface area contributed by atoms with E-state index in [9.17, 15) is 8.78 Å². The van der Waals surface area contributed by atoms with Crippen molar-refractivity contribution in [3.8, 4) is 5.88 Å². The van der Waals surface area contributed by atoms with Gasteiger partial charge in [0, 0.05) is 61.8 Å². The maximum Gasteiger partial charge on any atom is 0.388 e. The quantitative estimate of drug-likeness (QED) is 0.741. The molecule has 1 aromatic heterocycles. The van der Waals surface area contributed by atoms with Gasteiger partial charge < -0.3 is 9.47 Å². The van der Waals surface area contributed by atoms with Crippen LogP contribution in [0.4, 0.5) is 8.78 Å². The van der Waals surface area contributed by atoms with Crippen LogP contribution < -0.4 is 4.74 Å². The maximum atomic E-state index is 12.2. The molecule has 5 nitrogen and oxygen atoms in total. The molecule has 0 atom stereocenters. The van der Waals surface area contributed by atoms with Gasteiger partial charge in [-0.2, -0.15) is 8.78 Å². The van der Waals surface area contributed by atoms with Gasteiger partial charge in [0.2, 0.25) is 5.88 Å². The first-order valence-electron chi connectivity index (χ1n) is 8.70. The number of alkyl halides is 2. The predicted molar refractivity (Wildman–Crippen MR) is 90.9 cm³/mol. The van der Waals surface area contributed by atoms with Crippen molar-refractivity contribution < 1.29 is 18.3 Å². The SMILES string of the molecule is Cc1nc(OC(F)F)ccc1SN1CC2(C1)CN(C1CCOCC1)C2. The third-order valence-electron chi connectivity index (χ3n) is 5.26. The summed E-state index contributed by atoms with van der Waals surface area (Å²) in [7, 11) is 0. The van der Waals surface area contributed by atoms with Crippen LogP contribution in [0.3, 0.4) is 0 Å². The molecule has 138 valence electrons. The number of hydrogen-bond donors (Lipinski definition) is 0. The monoisotopic (exact) mass is 371 g/mol. The number of nitrogens with zero attached hydrogens (tertiary/aromatic N) is 3. The summed E-state index contributed by atoms with van der Waals surface area (Å²) >= 11 is 1.66. The van der Waals surface area contributed by atoms with Gasteiger partial charge in [0.15, 0.2) is 0 Å². The zero-order valence-electron chi connectivity index (χ0n) is 14.3. The first-order valence-corrected chi connectivity index (χ1v) is 9.48. The van der Waals surface area contributed by atoms with Crippen molar-refractivity contribution in [2.24, 2.45) is 5.41 Å². The minimum atomic E-state index is -2.84. The summed E-state index contributed by atoms with van der Waals surface area (Å²) < 4.78 is 36.6. The molecular weight excluding hydrogens is 348 g/mol. The number of rotatable bonds is 5. The highest BCUT2D eigenvalue weighted by atomic mass is 32.2. The minimum Gasteiger partial charge on any atom is -0.417 e. The van der Waals surface area contributed by atoms with Gasteiger partial charge >= 0.3 is 6.61 Å². The zero-order chi connectivity index (χ0) is 17.4. The second-order valence-electron chi connectivity index (χ2n) is 7.25. The molecule has 0 bridgehead atoms. The molecule has 4 rings (SSSR count). The van der Waals surface area contributed by atoms with E-state index in [1.54, 1.807) is 11.9 Å². The van der Waals surface area contributed by atoms with Crippen LogP contribution in [0.25, 0.3) is 0 Å². The van der Waals surface area contributed by atoms with E-state index in [4.69, 9.17) is 4.74 Å². The van der Waals surface area contributed by atoms with E-state index in [0.717, 1.165) is 49.7 Å². The average Bonchev–Trinajstić information content (AvgIpc) is 2.50. The molecule has 0 aliphatic carbocycles. The molecule has 0 N–H and O–H groups in total. The summed E-state index contributed by atoms with van der Waals surface area (Å²) in [6, 6.07) is 4.02. The normalized spacial score (nSPS) is 24.3. The molecule has 3 aliphatic heterocycles. The van der Waals surface area contributed by atoms with Crippen LogP contribution >= 0.6 is 11.9 Å². The molecule has 3 fully saturated rings. The highest BCUT2D eigenvalue weighted by Gasteiger charge is 2.53. The summed E-state index contributed by atoms with van der Waals surface area (Å²) in [4.78, 5) is 7.70. The van der Waals surface area contributed by atoms with Crippen molar-refractivity contribution in [3.63, 3.8) is 0 Å². The minimum absolute atomic E-state index is 0.0250. The highest BCUT2D eigenvalue weighted by Crippen LogP contribution is 2.46. The summed E-state index contributed by atoms with van der Waals surface area (Å²) in [5, 5.41) is 0.